The van der Waals surface area contributed by atoms with Gasteiger partial charge in [0.25, 0.3) is 0 Å². The molecule has 1 aromatic rings. The van der Waals surface area contributed by atoms with E-state index in [0.717, 1.165) is 49.8 Å². The van der Waals surface area contributed by atoms with Crippen molar-refractivity contribution in [1.29, 1.82) is 0 Å². The highest BCUT2D eigenvalue weighted by Crippen LogP contribution is 2.14. The number of carbonyl (C=O) groups excluding carboxylic acids is 1. The Kier molecular flexibility index (Phi) is 10.6. The van der Waals surface area contributed by atoms with Crippen LogP contribution in [0.4, 0.5) is 0 Å². The average molecular weight is 319 g/mol. The van der Waals surface area contributed by atoms with E-state index in [9.17, 15) is 4.79 Å². The number of benzene rings is 1. The van der Waals surface area contributed by atoms with Crippen molar-refractivity contribution in [3.8, 4) is 5.75 Å². The molecule has 0 saturated heterocycles. The van der Waals surface area contributed by atoms with Gasteiger partial charge in [-0.2, -0.15) is 0 Å². The summed E-state index contributed by atoms with van der Waals surface area (Å²) in [6, 6.07) is 7.59. The minimum atomic E-state index is -0.332. The maximum atomic E-state index is 11.4. The lowest BCUT2D eigenvalue weighted by molar-refractivity contribution is -0.137. The monoisotopic (exact) mass is 319 g/mol. The van der Waals surface area contributed by atoms with Crippen LogP contribution in [0, 0.1) is 6.92 Å². The van der Waals surface area contributed by atoms with E-state index in [1.807, 2.05) is 24.3 Å². The van der Waals surface area contributed by atoms with Gasteiger partial charge in [0.1, 0.15) is 5.75 Å². The number of hydrogen-bond donors (Lipinski definition) is 1. The summed E-state index contributed by atoms with van der Waals surface area (Å²) >= 11 is 0. The lowest BCUT2D eigenvalue weighted by Crippen LogP contribution is -2.01. The number of hydrogen-bond acceptors (Lipinski definition) is 4. The highest BCUT2D eigenvalue weighted by Gasteiger charge is 1.97. The van der Waals surface area contributed by atoms with Gasteiger partial charge in [0.15, 0.2) is 0 Å². The molecular weight excluding hydrogens is 292 g/mol. The number of rotatable bonds is 12. The summed E-state index contributed by atoms with van der Waals surface area (Å²) in [6.07, 6.45) is 8.66. The molecule has 4 nitrogen and oxygen atoms in total. The van der Waals surface area contributed by atoms with Crippen LogP contribution in [-0.2, 0) is 9.53 Å². The molecule has 23 heavy (non-hydrogen) atoms. The van der Waals surface area contributed by atoms with Crippen molar-refractivity contribution in [3.05, 3.63) is 42.8 Å². The molecule has 0 atom stereocenters. The molecule has 0 aliphatic rings. The first-order valence-corrected chi connectivity index (χ1v) is 8.24. The van der Waals surface area contributed by atoms with Gasteiger partial charge < -0.3 is 14.6 Å². The third kappa shape index (κ3) is 9.74. The minimum Gasteiger partial charge on any atom is -0.494 e. The molecule has 1 aromatic carbocycles. The number of carbonyl (C=O) groups is 1. The average Bonchev–Trinajstić information content (AvgIpc) is 2.57. The molecule has 0 bridgehead atoms. The summed E-state index contributed by atoms with van der Waals surface area (Å²) in [7, 11) is 0. The van der Waals surface area contributed by atoms with E-state index in [1.165, 1.54) is 6.08 Å². The summed E-state index contributed by atoms with van der Waals surface area (Å²) in [6.45, 7) is 5.05. The summed E-state index contributed by atoms with van der Waals surface area (Å²) in [5.74, 6) is 0.490. The molecule has 4 heteroatoms. The molecule has 0 amide bonds. The van der Waals surface area contributed by atoms with Gasteiger partial charge in [-0.1, -0.05) is 31.9 Å². The Balaban J connectivity index is 2.26. The van der Waals surface area contributed by atoms with Crippen molar-refractivity contribution >= 4 is 12.0 Å². The largest absolute Gasteiger partial charge is 0.494 e. The van der Waals surface area contributed by atoms with Crippen LogP contribution < -0.4 is 4.74 Å². The van der Waals surface area contributed by atoms with Gasteiger partial charge in [0, 0.05) is 12.7 Å². The Labute approximate surface area is 139 Å². The van der Waals surface area contributed by atoms with Crippen molar-refractivity contribution in [2.24, 2.45) is 0 Å². The zero-order valence-electron chi connectivity index (χ0n) is 13.7. The molecule has 0 fully saturated rings. The van der Waals surface area contributed by atoms with E-state index in [2.05, 4.69) is 6.92 Å². The molecule has 0 heterocycles. The molecular formula is C19H27O4. The number of esters is 1. The fourth-order valence-corrected chi connectivity index (χ4v) is 1.92. The Morgan fingerprint density at radius 3 is 2.48 bits per heavy atom. The fraction of sp³-hybridized carbons (Fsp3) is 0.474. The van der Waals surface area contributed by atoms with Gasteiger partial charge in [-0.15, -0.1) is 0 Å². The molecule has 1 radical (unpaired) electrons. The predicted molar refractivity (Wildman–Crippen MR) is 92.1 cm³/mol. The smallest absolute Gasteiger partial charge is 0.330 e. The number of aliphatic hydroxyl groups excluding tert-OH is 1. The van der Waals surface area contributed by atoms with Gasteiger partial charge in [0.2, 0.25) is 0 Å². The van der Waals surface area contributed by atoms with Crippen molar-refractivity contribution in [2.75, 3.05) is 19.8 Å². The zero-order chi connectivity index (χ0) is 16.8. The van der Waals surface area contributed by atoms with Gasteiger partial charge in [-0.05, 0) is 49.5 Å². The van der Waals surface area contributed by atoms with Gasteiger partial charge in [-0.25, -0.2) is 4.79 Å². The highest BCUT2D eigenvalue weighted by molar-refractivity contribution is 5.87. The van der Waals surface area contributed by atoms with E-state index in [-0.39, 0.29) is 12.6 Å². The van der Waals surface area contributed by atoms with E-state index in [4.69, 9.17) is 14.6 Å². The van der Waals surface area contributed by atoms with E-state index in [1.54, 1.807) is 6.08 Å². The van der Waals surface area contributed by atoms with Gasteiger partial charge >= 0.3 is 5.97 Å². The standard InChI is InChI=1S/C19H27O4/c1-2-3-15-23-19(21)13-10-17-8-11-18(12-9-17)22-16-7-5-4-6-14-20/h8-13,20H,1-7,14-16H2/b13-10+. The minimum absolute atomic E-state index is 0.263. The normalized spacial score (nSPS) is 10.9. The molecule has 127 valence electrons. The fourth-order valence-electron chi connectivity index (χ4n) is 1.92. The van der Waals surface area contributed by atoms with Crippen LogP contribution in [-0.4, -0.2) is 30.9 Å². The van der Waals surface area contributed by atoms with Crippen molar-refractivity contribution < 1.29 is 19.4 Å². The SMILES string of the molecule is [CH2]CCCOC(=O)/C=C/c1ccc(OCCCCCCO)cc1. The zero-order valence-corrected chi connectivity index (χ0v) is 13.7. The maximum Gasteiger partial charge on any atom is 0.330 e. The first kappa shape index (κ1) is 19.2. The van der Waals surface area contributed by atoms with E-state index < -0.39 is 0 Å². The third-order valence-electron chi connectivity index (χ3n) is 3.25. The van der Waals surface area contributed by atoms with Crippen molar-refractivity contribution in [2.45, 2.75) is 38.5 Å². The molecule has 0 saturated carbocycles. The Morgan fingerprint density at radius 1 is 1.04 bits per heavy atom. The molecule has 0 unspecified atom stereocenters. The summed E-state index contributed by atoms with van der Waals surface area (Å²) in [5, 5.41) is 8.69. The van der Waals surface area contributed by atoms with Crippen LogP contribution in [0.1, 0.15) is 44.1 Å². The first-order valence-electron chi connectivity index (χ1n) is 8.24. The van der Waals surface area contributed by atoms with E-state index in [0.29, 0.717) is 13.2 Å². The van der Waals surface area contributed by atoms with Crippen LogP contribution in [0.5, 0.6) is 5.75 Å². The van der Waals surface area contributed by atoms with Gasteiger partial charge in [-0.3, -0.25) is 0 Å². The second kappa shape index (κ2) is 12.7. The highest BCUT2D eigenvalue weighted by atomic mass is 16.5. The van der Waals surface area contributed by atoms with Crippen molar-refractivity contribution in [1.82, 2.24) is 0 Å². The Morgan fingerprint density at radius 2 is 1.78 bits per heavy atom. The molecule has 0 spiro atoms. The summed E-state index contributed by atoms with van der Waals surface area (Å²) in [5.41, 5.74) is 0.925. The number of aliphatic hydroxyl groups is 1. The van der Waals surface area contributed by atoms with Gasteiger partial charge in [0.05, 0.1) is 13.2 Å². The second-order valence-electron chi connectivity index (χ2n) is 5.26. The number of unbranched alkanes of at least 4 members (excludes halogenated alkanes) is 4. The lowest BCUT2D eigenvalue weighted by atomic mass is 10.2. The summed E-state index contributed by atoms with van der Waals surface area (Å²) in [4.78, 5) is 11.4. The molecule has 1 rings (SSSR count). The van der Waals surface area contributed by atoms with Crippen LogP contribution >= 0.6 is 0 Å². The van der Waals surface area contributed by atoms with Crippen molar-refractivity contribution in [3.63, 3.8) is 0 Å². The Bertz CT molecular complexity index is 451. The summed E-state index contributed by atoms with van der Waals surface area (Å²) < 4.78 is 10.7. The van der Waals surface area contributed by atoms with E-state index >= 15 is 0 Å². The molecule has 1 N–H and O–H groups in total. The second-order valence-corrected chi connectivity index (χ2v) is 5.26. The molecule has 0 aliphatic carbocycles. The van der Waals surface area contributed by atoms with Crippen LogP contribution in [0.2, 0.25) is 0 Å². The molecule has 0 aromatic heterocycles. The van der Waals surface area contributed by atoms with Crippen LogP contribution in [0.3, 0.4) is 0 Å². The first-order chi connectivity index (χ1) is 11.3. The molecule has 0 aliphatic heterocycles. The predicted octanol–water partition coefficient (Wildman–Crippen LogP) is 3.79. The lowest BCUT2D eigenvalue weighted by Gasteiger charge is -2.06. The maximum absolute atomic E-state index is 11.4. The third-order valence-corrected chi connectivity index (χ3v) is 3.25. The Hall–Kier alpha value is -1.81. The quantitative estimate of drug-likeness (QED) is 0.362. The van der Waals surface area contributed by atoms with Crippen LogP contribution in [0.15, 0.2) is 30.3 Å². The van der Waals surface area contributed by atoms with Crippen LogP contribution in [0.25, 0.3) is 6.08 Å². The number of ether oxygens (including phenoxy) is 2. The topological polar surface area (TPSA) is 55.8 Å².